The van der Waals surface area contributed by atoms with E-state index in [0.29, 0.717) is 19.6 Å². The van der Waals surface area contributed by atoms with Gasteiger partial charge in [-0.1, -0.05) is 12.2 Å². The Balaban J connectivity index is 2.50. The minimum atomic E-state index is 0.121. The molecular weight excluding hydrogens is 228 g/mol. The number of nitrogens with zero attached hydrogens (tertiary/aromatic N) is 2. The van der Waals surface area contributed by atoms with Gasteiger partial charge in [0.05, 0.1) is 18.8 Å². The molecule has 0 saturated carbocycles. The lowest BCUT2D eigenvalue weighted by Crippen LogP contribution is -2.49. The molecule has 18 heavy (non-hydrogen) atoms. The van der Waals surface area contributed by atoms with Crippen LogP contribution >= 0.6 is 0 Å². The average Bonchev–Trinajstić information content (AvgIpc) is 2.27. The highest BCUT2D eigenvalue weighted by molar-refractivity contribution is 5.78. The van der Waals surface area contributed by atoms with Gasteiger partial charge in [0.25, 0.3) is 0 Å². The SMILES string of the molecule is C=CCN(CC=C)C(=O)CN1CC(C)OC(C)C1. The first kappa shape index (κ1) is 14.9. The number of rotatable bonds is 6. The highest BCUT2D eigenvalue weighted by Gasteiger charge is 2.24. The number of morpholine rings is 1. The largest absolute Gasteiger partial charge is 0.373 e. The van der Waals surface area contributed by atoms with Crippen molar-refractivity contribution in [3.63, 3.8) is 0 Å². The van der Waals surface area contributed by atoms with Crippen LogP contribution in [0.5, 0.6) is 0 Å². The monoisotopic (exact) mass is 252 g/mol. The van der Waals surface area contributed by atoms with Gasteiger partial charge in [-0.25, -0.2) is 0 Å². The summed E-state index contributed by atoms with van der Waals surface area (Å²) in [5.74, 6) is 0.121. The van der Waals surface area contributed by atoms with Gasteiger partial charge in [-0.3, -0.25) is 9.69 Å². The van der Waals surface area contributed by atoms with Gasteiger partial charge in [0, 0.05) is 26.2 Å². The van der Waals surface area contributed by atoms with Crippen LogP contribution in [-0.2, 0) is 9.53 Å². The summed E-state index contributed by atoms with van der Waals surface area (Å²) in [5, 5.41) is 0. The molecule has 1 amide bonds. The summed E-state index contributed by atoms with van der Waals surface area (Å²) in [7, 11) is 0. The predicted octanol–water partition coefficient (Wildman–Crippen LogP) is 1.30. The van der Waals surface area contributed by atoms with E-state index >= 15 is 0 Å². The van der Waals surface area contributed by atoms with Gasteiger partial charge in [-0.2, -0.15) is 0 Å². The molecule has 1 saturated heterocycles. The van der Waals surface area contributed by atoms with Crippen molar-refractivity contribution >= 4 is 5.91 Å². The molecule has 1 aliphatic rings. The average molecular weight is 252 g/mol. The molecule has 1 aliphatic heterocycles. The zero-order valence-corrected chi connectivity index (χ0v) is 11.5. The fourth-order valence-electron chi connectivity index (χ4n) is 2.29. The van der Waals surface area contributed by atoms with Gasteiger partial charge in [-0.05, 0) is 13.8 Å². The second-order valence-corrected chi connectivity index (χ2v) is 4.83. The molecule has 0 aliphatic carbocycles. The smallest absolute Gasteiger partial charge is 0.237 e. The first-order chi connectivity index (χ1) is 8.56. The number of carbonyl (C=O) groups is 1. The molecule has 1 rings (SSSR count). The van der Waals surface area contributed by atoms with Crippen molar-refractivity contribution in [1.82, 2.24) is 9.80 Å². The summed E-state index contributed by atoms with van der Waals surface area (Å²) in [6.45, 7) is 14.6. The zero-order valence-electron chi connectivity index (χ0n) is 11.5. The summed E-state index contributed by atoms with van der Waals surface area (Å²) in [6, 6.07) is 0. The van der Waals surface area contributed by atoms with Crippen molar-refractivity contribution < 1.29 is 9.53 Å². The van der Waals surface area contributed by atoms with Crippen molar-refractivity contribution in [2.75, 3.05) is 32.7 Å². The Labute approximate surface area is 110 Å². The Hall–Kier alpha value is -1.13. The molecule has 1 heterocycles. The van der Waals surface area contributed by atoms with Gasteiger partial charge in [0.1, 0.15) is 0 Å². The lowest BCUT2D eigenvalue weighted by molar-refractivity contribution is -0.134. The Morgan fingerprint density at radius 3 is 2.22 bits per heavy atom. The van der Waals surface area contributed by atoms with E-state index in [1.807, 2.05) is 13.8 Å². The van der Waals surface area contributed by atoms with Crippen LogP contribution in [0.4, 0.5) is 0 Å². The second kappa shape index (κ2) is 7.34. The first-order valence-electron chi connectivity index (χ1n) is 6.44. The Bertz CT molecular complexity index is 284. The summed E-state index contributed by atoms with van der Waals surface area (Å²) in [5.41, 5.74) is 0. The van der Waals surface area contributed by atoms with Crippen molar-refractivity contribution in [1.29, 1.82) is 0 Å². The van der Waals surface area contributed by atoms with Crippen LogP contribution in [0.2, 0.25) is 0 Å². The Kier molecular flexibility index (Phi) is 6.09. The van der Waals surface area contributed by atoms with Crippen LogP contribution in [0, 0.1) is 0 Å². The topological polar surface area (TPSA) is 32.8 Å². The summed E-state index contributed by atoms with van der Waals surface area (Å²) < 4.78 is 5.65. The normalized spacial score (nSPS) is 24.6. The molecule has 0 radical (unpaired) electrons. The zero-order chi connectivity index (χ0) is 13.5. The molecule has 0 aromatic rings. The maximum Gasteiger partial charge on any atom is 0.237 e. The van der Waals surface area contributed by atoms with Crippen LogP contribution in [0.15, 0.2) is 25.3 Å². The number of hydrogen-bond donors (Lipinski definition) is 0. The third-order valence-electron chi connectivity index (χ3n) is 2.91. The van der Waals surface area contributed by atoms with Crippen LogP contribution < -0.4 is 0 Å². The van der Waals surface area contributed by atoms with Crippen LogP contribution in [0.1, 0.15) is 13.8 Å². The van der Waals surface area contributed by atoms with E-state index < -0.39 is 0 Å². The second-order valence-electron chi connectivity index (χ2n) is 4.83. The predicted molar refractivity (Wildman–Crippen MR) is 73.4 cm³/mol. The Morgan fingerprint density at radius 1 is 1.28 bits per heavy atom. The minimum absolute atomic E-state index is 0.121. The molecule has 4 nitrogen and oxygen atoms in total. The third kappa shape index (κ3) is 4.63. The molecule has 0 bridgehead atoms. The molecule has 1 fully saturated rings. The molecule has 0 aromatic heterocycles. The fourth-order valence-corrected chi connectivity index (χ4v) is 2.29. The van der Waals surface area contributed by atoms with E-state index in [4.69, 9.17) is 4.74 Å². The van der Waals surface area contributed by atoms with Gasteiger partial charge in [0.2, 0.25) is 5.91 Å². The van der Waals surface area contributed by atoms with E-state index in [0.717, 1.165) is 13.1 Å². The van der Waals surface area contributed by atoms with Crippen LogP contribution in [0.25, 0.3) is 0 Å². The lowest BCUT2D eigenvalue weighted by Gasteiger charge is -2.35. The van der Waals surface area contributed by atoms with E-state index in [1.54, 1.807) is 17.1 Å². The molecule has 2 unspecified atom stereocenters. The molecule has 4 heteroatoms. The first-order valence-corrected chi connectivity index (χ1v) is 6.44. The molecule has 2 atom stereocenters. The minimum Gasteiger partial charge on any atom is -0.373 e. The third-order valence-corrected chi connectivity index (χ3v) is 2.91. The summed E-state index contributed by atoms with van der Waals surface area (Å²) >= 11 is 0. The van der Waals surface area contributed by atoms with E-state index in [-0.39, 0.29) is 18.1 Å². The summed E-state index contributed by atoms with van der Waals surface area (Å²) in [4.78, 5) is 16.1. The summed E-state index contributed by atoms with van der Waals surface area (Å²) in [6.07, 6.45) is 3.86. The van der Waals surface area contributed by atoms with Crippen molar-refractivity contribution in [3.8, 4) is 0 Å². The van der Waals surface area contributed by atoms with Crippen LogP contribution in [-0.4, -0.2) is 60.6 Å². The Morgan fingerprint density at radius 2 is 1.78 bits per heavy atom. The fraction of sp³-hybridized carbons (Fsp3) is 0.643. The highest BCUT2D eigenvalue weighted by Crippen LogP contribution is 2.10. The number of hydrogen-bond acceptors (Lipinski definition) is 3. The van der Waals surface area contributed by atoms with Gasteiger partial charge < -0.3 is 9.64 Å². The molecule has 0 spiro atoms. The number of ether oxygens (including phenoxy) is 1. The van der Waals surface area contributed by atoms with Crippen molar-refractivity contribution in [2.24, 2.45) is 0 Å². The van der Waals surface area contributed by atoms with Crippen molar-refractivity contribution in [3.05, 3.63) is 25.3 Å². The lowest BCUT2D eigenvalue weighted by atomic mass is 10.2. The highest BCUT2D eigenvalue weighted by atomic mass is 16.5. The van der Waals surface area contributed by atoms with Gasteiger partial charge in [0.15, 0.2) is 0 Å². The van der Waals surface area contributed by atoms with Gasteiger partial charge in [-0.15, -0.1) is 13.2 Å². The maximum atomic E-state index is 12.2. The quantitative estimate of drug-likeness (QED) is 0.668. The van der Waals surface area contributed by atoms with E-state index in [1.165, 1.54) is 0 Å². The van der Waals surface area contributed by atoms with Crippen molar-refractivity contribution in [2.45, 2.75) is 26.1 Å². The van der Waals surface area contributed by atoms with E-state index in [9.17, 15) is 4.79 Å². The molecule has 0 N–H and O–H groups in total. The number of amides is 1. The molecule has 102 valence electrons. The molecular formula is C14H24N2O2. The standard InChI is InChI=1S/C14H24N2O2/c1-5-7-16(8-6-2)14(17)11-15-9-12(3)18-13(4)10-15/h5-6,12-13H,1-2,7-11H2,3-4H3. The molecule has 0 aromatic carbocycles. The van der Waals surface area contributed by atoms with Gasteiger partial charge >= 0.3 is 0 Å². The van der Waals surface area contributed by atoms with E-state index in [2.05, 4.69) is 18.1 Å². The van der Waals surface area contributed by atoms with Crippen LogP contribution in [0.3, 0.4) is 0 Å². The number of carbonyl (C=O) groups excluding carboxylic acids is 1. The maximum absolute atomic E-state index is 12.2.